The second kappa shape index (κ2) is 4.87. The molecule has 0 radical (unpaired) electrons. The Morgan fingerprint density at radius 1 is 1.56 bits per heavy atom. The topological polar surface area (TPSA) is 64.4 Å². The lowest BCUT2D eigenvalue weighted by Gasteiger charge is -2.05. The Morgan fingerprint density at radius 3 is 3.00 bits per heavy atom. The zero-order valence-electron chi connectivity index (χ0n) is 9.63. The molecule has 0 atom stereocenters. The number of carboxylic acid groups (broad SMARTS) is 1. The van der Waals surface area contributed by atoms with Gasteiger partial charge in [-0.15, -0.1) is 0 Å². The van der Waals surface area contributed by atoms with Gasteiger partial charge in [0.15, 0.2) is 5.75 Å². The van der Waals surface area contributed by atoms with E-state index in [1.54, 1.807) is 13.0 Å². The quantitative estimate of drug-likeness (QED) is 0.903. The maximum Gasteiger partial charge on any atom is 0.325 e. The van der Waals surface area contributed by atoms with E-state index in [0.717, 1.165) is 0 Å². The first kappa shape index (κ1) is 12.1. The van der Waals surface area contributed by atoms with E-state index in [0.29, 0.717) is 17.2 Å². The van der Waals surface area contributed by atoms with Gasteiger partial charge in [-0.3, -0.25) is 9.48 Å². The van der Waals surface area contributed by atoms with Crippen LogP contribution in [0.1, 0.15) is 5.69 Å². The van der Waals surface area contributed by atoms with Gasteiger partial charge >= 0.3 is 5.97 Å². The van der Waals surface area contributed by atoms with Crippen molar-refractivity contribution in [3.63, 3.8) is 0 Å². The van der Waals surface area contributed by atoms with Crippen molar-refractivity contribution in [2.24, 2.45) is 0 Å². The van der Waals surface area contributed by atoms with Gasteiger partial charge in [0, 0.05) is 6.07 Å². The highest BCUT2D eigenvalue weighted by Gasteiger charge is 2.11. The van der Waals surface area contributed by atoms with E-state index in [-0.39, 0.29) is 6.54 Å². The van der Waals surface area contributed by atoms with Gasteiger partial charge in [0.1, 0.15) is 18.1 Å². The summed E-state index contributed by atoms with van der Waals surface area (Å²) in [7, 11) is 0. The Bertz CT molecular complexity index is 580. The van der Waals surface area contributed by atoms with Crippen LogP contribution < -0.4 is 4.74 Å². The van der Waals surface area contributed by atoms with E-state index in [9.17, 15) is 9.18 Å². The van der Waals surface area contributed by atoms with Gasteiger partial charge < -0.3 is 9.84 Å². The summed E-state index contributed by atoms with van der Waals surface area (Å²) in [5.74, 6) is -0.642. The van der Waals surface area contributed by atoms with Gasteiger partial charge in [-0.2, -0.15) is 5.10 Å². The Labute approximate surface area is 102 Å². The minimum atomic E-state index is -0.987. The Kier molecular flexibility index (Phi) is 3.27. The lowest BCUT2D eigenvalue weighted by Crippen LogP contribution is -2.11. The van der Waals surface area contributed by atoms with E-state index in [1.165, 1.54) is 29.1 Å². The molecule has 5 nitrogen and oxygen atoms in total. The molecule has 0 unspecified atom stereocenters. The van der Waals surface area contributed by atoms with Crippen LogP contribution in [-0.4, -0.2) is 20.9 Å². The van der Waals surface area contributed by atoms with Crippen LogP contribution in [0.4, 0.5) is 4.39 Å². The molecule has 18 heavy (non-hydrogen) atoms. The average Bonchev–Trinajstić information content (AvgIpc) is 2.61. The second-order valence-corrected chi connectivity index (χ2v) is 3.71. The minimum Gasteiger partial charge on any atom is -0.480 e. The third-order valence-electron chi connectivity index (χ3n) is 2.37. The summed E-state index contributed by atoms with van der Waals surface area (Å²) < 4.78 is 19.7. The highest BCUT2D eigenvalue weighted by Crippen LogP contribution is 2.24. The Morgan fingerprint density at radius 2 is 2.33 bits per heavy atom. The maximum absolute atomic E-state index is 13.0. The average molecular weight is 250 g/mol. The summed E-state index contributed by atoms with van der Waals surface area (Å²) in [4.78, 5) is 10.6. The third-order valence-corrected chi connectivity index (χ3v) is 2.37. The highest BCUT2D eigenvalue weighted by molar-refractivity contribution is 5.66. The molecule has 0 saturated heterocycles. The van der Waals surface area contributed by atoms with Crippen molar-refractivity contribution in [3.05, 3.63) is 42.0 Å². The smallest absolute Gasteiger partial charge is 0.325 e. The Balaban J connectivity index is 2.20. The molecular weight excluding hydrogens is 239 g/mol. The molecule has 0 spiro atoms. The standard InChI is InChI=1S/C12H11FN2O3/c1-8-11(6-14-15(8)7-12(16)17)18-10-4-2-3-9(13)5-10/h2-6H,7H2,1H3,(H,16,17). The van der Waals surface area contributed by atoms with E-state index in [2.05, 4.69) is 5.10 Å². The van der Waals surface area contributed by atoms with Crippen LogP contribution in [-0.2, 0) is 11.3 Å². The van der Waals surface area contributed by atoms with Gasteiger partial charge in [-0.1, -0.05) is 6.07 Å². The zero-order valence-corrected chi connectivity index (χ0v) is 9.63. The summed E-state index contributed by atoms with van der Waals surface area (Å²) in [6.45, 7) is 1.45. The van der Waals surface area contributed by atoms with Crippen molar-refractivity contribution in [1.82, 2.24) is 9.78 Å². The molecular formula is C12H11FN2O3. The summed E-state index contributed by atoms with van der Waals surface area (Å²) >= 11 is 0. The number of hydrogen-bond donors (Lipinski definition) is 1. The van der Waals surface area contributed by atoms with Gasteiger partial charge in [-0.25, -0.2) is 4.39 Å². The molecule has 0 fully saturated rings. The molecule has 0 aliphatic rings. The van der Waals surface area contributed by atoms with Gasteiger partial charge in [0.05, 0.1) is 11.9 Å². The molecule has 2 rings (SSSR count). The lowest BCUT2D eigenvalue weighted by atomic mass is 10.3. The highest BCUT2D eigenvalue weighted by atomic mass is 19.1. The lowest BCUT2D eigenvalue weighted by molar-refractivity contribution is -0.137. The summed E-state index contributed by atoms with van der Waals surface area (Å²) in [5, 5.41) is 12.6. The molecule has 6 heteroatoms. The first-order valence-electron chi connectivity index (χ1n) is 5.24. The number of carbonyl (C=O) groups is 1. The normalized spacial score (nSPS) is 10.3. The molecule has 0 saturated carbocycles. The van der Waals surface area contributed by atoms with Gasteiger partial charge in [-0.05, 0) is 19.1 Å². The van der Waals surface area contributed by atoms with Crippen LogP contribution in [0, 0.1) is 12.7 Å². The van der Waals surface area contributed by atoms with Gasteiger partial charge in [0.25, 0.3) is 0 Å². The van der Waals surface area contributed by atoms with Gasteiger partial charge in [0.2, 0.25) is 0 Å². The van der Waals surface area contributed by atoms with E-state index < -0.39 is 11.8 Å². The second-order valence-electron chi connectivity index (χ2n) is 3.71. The molecule has 1 aromatic carbocycles. The van der Waals surface area contributed by atoms with Crippen LogP contribution >= 0.6 is 0 Å². The van der Waals surface area contributed by atoms with Crippen LogP contribution in [0.2, 0.25) is 0 Å². The first-order chi connectivity index (χ1) is 8.56. The van der Waals surface area contributed by atoms with E-state index >= 15 is 0 Å². The number of ether oxygens (including phenoxy) is 1. The zero-order chi connectivity index (χ0) is 13.1. The van der Waals surface area contributed by atoms with Crippen molar-refractivity contribution in [2.75, 3.05) is 0 Å². The number of benzene rings is 1. The number of aliphatic carboxylic acids is 1. The van der Waals surface area contributed by atoms with Crippen molar-refractivity contribution in [2.45, 2.75) is 13.5 Å². The van der Waals surface area contributed by atoms with Crippen LogP contribution in [0.25, 0.3) is 0 Å². The van der Waals surface area contributed by atoms with Crippen LogP contribution in [0.15, 0.2) is 30.5 Å². The molecule has 1 heterocycles. The molecule has 0 aliphatic carbocycles. The predicted octanol–water partition coefficient (Wildman–Crippen LogP) is 2.21. The van der Waals surface area contributed by atoms with Crippen LogP contribution in [0.3, 0.4) is 0 Å². The minimum absolute atomic E-state index is 0.238. The number of halogens is 1. The fraction of sp³-hybridized carbons (Fsp3) is 0.167. The first-order valence-corrected chi connectivity index (χ1v) is 5.24. The number of rotatable bonds is 4. The molecule has 0 aliphatic heterocycles. The molecule has 0 amide bonds. The van der Waals surface area contributed by atoms with Crippen molar-refractivity contribution in [1.29, 1.82) is 0 Å². The Hall–Kier alpha value is -2.37. The number of hydrogen-bond acceptors (Lipinski definition) is 3. The number of aromatic nitrogens is 2. The maximum atomic E-state index is 13.0. The number of nitrogens with zero attached hydrogens (tertiary/aromatic N) is 2. The largest absolute Gasteiger partial charge is 0.480 e. The van der Waals surface area contributed by atoms with E-state index in [4.69, 9.17) is 9.84 Å². The monoisotopic (exact) mass is 250 g/mol. The summed E-state index contributed by atoms with van der Waals surface area (Å²) in [5.41, 5.74) is 0.571. The molecule has 1 N–H and O–H groups in total. The SMILES string of the molecule is Cc1c(Oc2cccc(F)c2)cnn1CC(=O)O. The van der Waals surface area contributed by atoms with Crippen LogP contribution in [0.5, 0.6) is 11.5 Å². The third kappa shape index (κ3) is 2.65. The van der Waals surface area contributed by atoms with Crippen molar-refractivity contribution < 1.29 is 19.0 Å². The van der Waals surface area contributed by atoms with Crippen molar-refractivity contribution >= 4 is 5.97 Å². The van der Waals surface area contributed by atoms with E-state index in [1.807, 2.05) is 0 Å². The molecule has 1 aromatic heterocycles. The number of carboxylic acids is 1. The fourth-order valence-electron chi connectivity index (χ4n) is 1.47. The molecule has 0 bridgehead atoms. The van der Waals surface area contributed by atoms with Crippen molar-refractivity contribution in [3.8, 4) is 11.5 Å². The molecule has 94 valence electrons. The predicted molar refractivity (Wildman–Crippen MR) is 61.1 cm³/mol. The summed E-state index contributed by atoms with van der Waals surface area (Å²) in [6.07, 6.45) is 1.41. The summed E-state index contributed by atoms with van der Waals surface area (Å²) in [6, 6.07) is 5.69. The fourth-order valence-corrected chi connectivity index (χ4v) is 1.47. The molecule has 2 aromatic rings.